The molecule has 84 valence electrons. The lowest BCUT2D eigenvalue weighted by atomic mass is 10.1. The fourth-order valence-corrected chi connectivity index (χ4v) is 1.42. The molecular formula is C13H21NO. The van der Waals surface area contributed by atoms with Gasteiger partial charge in [0.1, 0.15) is 5.75 Å². The van der Waals surface area contributed by atoms with Crippen LogP contribution < -0.4 is 10.1 Å². The van der Waals surface area contributed by atoms with Crippen LogP contribution in [0.1, 0.15) is 31.4 Å². The first-order chi connectivity index (χ1) is 7.17. The van der Waals surface area contributed by atoms with Crippen molar-refractivity contribution in [2.45, 2.75) is 39.8 Å². The maximum atomic E-state index is 5.18. The third-order valence-electron chi connectivity index (χ3n) is 2.80. The first-order valence-electron chi connectivity index (χ1n) is 5.54. The summed E-state index contributed by atoms with van der Waals surface area (Å²) in [6.45, 7) is 7.46. The Labute approximate surface area is 92.6 Å². The van der Waals surface area contributed by atoms with Crippen LogP contribution in [-0.4, -0.2) is 13.2 Å². The largest absolute Gasteiger partial charge is 0.497 e. The molecule has 1 rings (SSSR count). The maximum Gasteiger partial charge on any atom is 0.119 e. The monoisotopic (exact) mass is 207 g/mol. The fourth-order valence-electron chi connectivity index (χ4n) is 1.42. The van der Waals surface area contributed by atoms with Crippen molar-refractivity contribution in [3.05, 3.63) is 29.3 Å². The fraction of sp³-hybridized carbons (Fsp3) is 0.538. The smallest absolute Gasteiger partial charge is 0.119 e. The molecule has 1 N–H and O–H groups in total. The highest BCUT2D eigenvalue weighted by molar-refractivity contribution is 5.34. The molecule has 0 saturated carbocycles. The third kappa shape index (κ3) is 3.56. The summed E-state index contributed by atoms with van der Waals surface area (Å²) in [6.07, 6.45) is 1.16. The van der Waals surface area contributed by atoms with Crippen LogP contribution in [0.15, 0.2) is 18.2 Å². The van der Waals surface area contributed by atoms with E-state index >= 15 is 0 Å². The number of hydrogen-bond donors (Lipinski definition) is 1. The van der Waals surface area contributed by atoms with Gasteiger partial charge < -0.3 is 10.1 Å². The minimum atomic E-state index is 0.575. The van der Waals surface area contributed by atoms with Crippen molar-refractivity contribution >= 4 is 0 Å². The van der Waals surface area contributed by atoms with Crippen LogP contribution >= 0.6 is 0 Å². The molecule has 1 unspecified atom stereocenters. The van der Waals surface area contributed by atoms with Crippen molar-refractivity contribution in [2.75, 3.05) is 7.11 Å². The molecule has 0 saturated heterocycles. The van der Waals surface area contributed by atoms with Crippen molar-refractivity contribution in [1.29, 1.82) is 0 Å². The van der Waals surface area contributed by atoms with Crippen molar-refractivity contribution in [3.63, 3.8) is 0 Å². The first kappa shape index (κ1) is 12.1. The summed E-state index contributed by atoms with van der Waals surface area (Å²) in [5.74, 6) is 0.930. The number of nitrogens with one attached hydrogen (secondary N) is 1. The molecule has 0 heterocycles. The second-order valence-corrected chi connectivity index (χ2v) is 3.98. The Bertz CT molecular complexity index is 309. The van der Waals surface area contributed by atoms with Gasteiger partial charge in [-0.15, -0.1) is 0 Å². The van der Waals surface area contributed by atoms with E-state index in [-0.39, 0.29) is 0 Å². The van der Waals surface area contributed by atoms with Crippen LogP contribution in [0.5, 0.6) is 5.75 Å². The van der Waals surface area contributed by atoms with E-state index in [0.29, 0.717) is 6.04 Å². The molecule has 0 radical (unpaired) electrons. The van der Waals surface area contributed by atoms with Crippen LogP contribution in [0.25, 0.3) is 0 Å². The van der Waals surface area contributed by atoms with E-state index in [1.54, 1.807) is 7.11 Å². The predicted octanol–water partition coefficient (Wildman–Crippen LogP) is 2.89. The highest BCUT2D eigenvalue weighted by atomic mass is 16.5. The van der Waals surface area contributed by atoms with Crippen LogP contribution in [0.2, 0.25) is 0 Å². The summed E-state index contributed by atoms with van der Waals surface area (Å²) in [5, 5.41) is 3.49. The zero-order chi connectivity index (χ0) is 11.3. The molecule has 1 aromatic carbocycles. The van der Waals surface area contributed by atoms with Gasteiger partial charge in [-0.25, -0.2) is 0 Å². The van der Waals surface area contributed by atoms with Gasteiger partial charge in [-0.3, -0.25) is 0 Å². The number of aryl methyl sites for hydroxylation is 1. The zero-order valence-electron chi connectivity index (χ0n) is 10.1. The van der Waals surface area contributed by atoms with E-state index in [0.717, 1.165) is 18.7 Å². The van der Waals surface area contributed by atoms with Crippen molar-refractivity contribution in [3.8, 4) is 5.75 Å². The lowest BCUT2D eigenvalue weighted by Gasteiger charge is -2.13. The van der Waals surface area contributed by atoms with Gasteiger partial charge in [0.25, 0.3) is 0 Å². The van der Waals surface area contributed by atoms with E-state index in [1.807, 2.05) is 6.07 Å². The van der Waals surface area contributed by atoms with Gasteiger partial charge >= 0.3 is 0 Å². The molecule has 0 aromatic heterocycles. The summed E-state index contributed by atoms with van der Waals surface area (Å²) in [7, 11) is 1.70. The van der Waals surface area contributed by atoms with Gasteiger partial charge in [-0.2, -0.15) is 0 Å². The number of hydrogen-bond acceptors (Lipinski definition) is 2. The lowest BCUT2D eigenvalue weighted by Crippen LogP contribution is -2.24. The summed E-state index contributed by atoms with van der Waals surface area (Å²) in [6, 6.07) is 6.80. The average Bonchev–Trinajstić information content (AvgIpc) is 2.26. The minimum Gasteiger partial charge on any atom is -0.497 e. The SMILES string of the molecule is CCC(C)NCc1ccc(OC)cc1C. The van der Waals surface area contributed by atoms with Gasteiger partial charge in [0.15, 0.2) is 0 Å². The molecule has 0 aliphatic rings. The second-order valence-electron chi connectivity index (χ2n) is 3.98. The molecular weight excluding hydrogens is 186 g/mol. The van der Waals surface area contributed by atoms with Gasteiger partial charge in [0, 0.05) is 12.6 Å². The number of benzene rings is 1. The topological polar surface area (TPSA) is 21.3 Å². The lowest BCUT2D eigenvalue weighted by molar-refractivity contribution is 0.414. The molecule has 0 amide bonds. The van der Waals surface area contributed by atoms with Crippen LogP contribution in [0.3, 0.4) is 0 Å². The Hall–Kier alpha value is -1.02. The first-order valence-corrected chi connectivity index (χ1v) is 5.54. The maximum absolute atomic E-state index is 5.18. The Morgan fingerprint density at radius 2 is 2.13 bits per heavy atom. The second kappa shape index (κ2) is 5.76. The summed E-state index contributed by atoms with van der Waals surface area (Å²) in [4.78, 5) is 0. The summed E-state index contributed by atoms with van der Waals surface area (Å²) >= 11 is 0. The average molecular weight is 207 g/mol. The van der Waals surface area contributed by atoms with Crippen molar-refractivity contribution in [1.82, 2.24) is 5.32 Å². The van der Waals surface area contributed by atoms with Gasteiger partial charge in [0.05, 0.1) is 7.11 Å². The van der Waals surface area contributed by atoms with Crippen molar-refractivity contribution < 1.29 is 4.74 Å². The normalized spacial score (nSPS) is 12.5. The van der Waals surface area contributed by atoms with E-state index < -0.39 is 0 Å². The molecule has 0 fully saturated rings. The van der Waals surface area contributed by atoms with Gasteiger partial charge in [-0.05, 0) is 43.5 Å². The van der Waals surface area contributed by atoms with E-state index in [2.05, 4.69) is 38.2 Å². The van der Waals surface area contributed by atoms with Crippen LogP contribution in [0.4, 0.5) is 0 Å². The van der Waals surface area contributed by atoms with E-state index in [9.17, 15) is 0 Å². The predicted molar refractivity (Wildman–Crippen MR) is 64.3 cm³/mol. The Balaban J connectivity index is 2.62. The van der Waals surface area contributed by atoms with Gasteiger partial charge in [-0.1, -0.05) is 13.0 Å². The Morgan fingerprint density at radius 3 is 2.67 bits per heavy atom. The number of ether oxygens (including phenoxy) is 1. The zero-order valence-corrected chi connectivity index (χ0v) is 10.1. The molecule has 0 bridgehead atoms. The molecule has 2 nitrogen and oxygen atoms in total. The highest BCUT2D eigenvalue weighted by Crippen LogP contribution is 2.16. The molecule has 15 heavy (non-hydrogen) atoms. The molecule has 0 spiro atoms. The van der Waals surface area contributed by atoms with E-state index in [1.165, 1.54) is 11.1 Å². The van der Waals surface area contributed by atoms with Crippen LogP contribution in [0, 0.1) is 6.92 Å². The summed E-state index contributed by atoms with van der Waals surface area (Å²) in [5.41, 5.74) is 2.63. The minimum absolute atomic E-state index is 0.575. The Morgan fingerprint density at radius 1 is 1.40 bits per heavy atom. The summed E-state index contributed by atoms with van der Waals surface area (Å²) < 4.78 is 5.18. The quantitative estimate of drug-likeness (QED) is 0.801. The molecule has 2 heteroatoms. The molecule has 0 aliphatic heterocycles. The van der Waals surface area contributed by atoms with Crippen molar-refractivity contribution in [2.24, 2.45) is 0 Å². The Kier molecular flexibility index (Phi) is 4.63. The van der Waals surface area contributed by atoms with E-state index in [4.69, 9.17) is 4.74 Å². The molecule has 1 aromatic rings. The highest BCUT2D eigenvalue weighted by Gasteiger charge is 2.02. The van der Waals surface area contributed by atoms with Gasteiger partial charge in [0.2, 0.25) is 0 Å². The molecule has 1 atom stereocenters. The number of rotatable bonds is 5. The third-order valence-corrected chi connectivity index (χ3v) is 2.80. The van der Waals surface area contributed by atoms with Crippen LogP contribution in [-0.2, 0) is 6.54 Å². The number of methoxy groups -OCH3 is 1. The molecule has 0 aliphatic carbocycles. The standard InChI is InChI=1S/C13H21NO/c1-5-11(3)14-9-12-6-7-13(15-4)8-10(12)2/h6-8,11,14H,5,9H2,1-4H3.